The van der Waals surface area contributed by atoms with Gasteiger partial charge in [-0.2, -0.15) is 0 Å². The highest BCUT2D eigenvalue weighted by Gasteiger charge is 2.14. The number of anilines is 1. The van der Waals surface area contributed by atoms with Gasteiger partial charge < -0.3 is 15.0 Å². The normalized spacial score (nSPS) is 15.0. The Hall–Kier alpha value is -1.82. The van der Waals surface area contributed by atoms with Gasteiger partial charge in [0.1, 0.15) is 19.6 Å². The number of amides is 1. The van der Waals surface area contributed by atoms with Gasteiger partial charge in [-0.3, -0.25) is 4.79 Å². The Morgan fingerprint density at radius 3 is 2.54 bits per heavy atom. The van der Waals surface area contributed by atoms with Crippen molar-refractivity contribution in [2.75, 3.05) is 37.4 Å². The molecule has 1 saturated heterocycles. The van der Waals surface area contributed by atoms with Gasteiger partial charge in [0.2, 0.25) is 5.91 Å². The van der Waals surface area contributed by atoms with Crippen LogP contribution in [0.1, 0.15) is 16.7 Å². The SMILES string of the molecule is Cc1ccc(SCC(=O)Nc2ccc(C[NH+]3CCOCC3)cc2)c(C)c1. The van der Waals surface area contributed by atoms with Crippen molar-refractivity contribution in [1.29, 1.82) is 0 Å². The van der Waals surface area contributed by atoms with Gasteiger partial charge in [0.25, 0.3) is 0 Å². The standard InChI is InChI=1S/C21H26N2O2S/c1-16-3-8-20(17(2)13-16)26-15-21(24)22-19-6-4-18(5-7-19)14-23-9-11-25-12-10-23/h3-8,13H,9-12,14-15H2,1-2H3,(H,22,24)/p+1. The van der Waals surface area contributed by atoms with E-state index in [1.54, 1.807) is 16.7 Å². The lowest BCUT2D eigenvalue weighted by Crippen LogP contribution is -3.12. The summed E-state index contributed by atoms with van der Waals surface area (Å²) in [5.74, 6) is 0.449. The molecule has 2 N–H and O–H groups in total. The van der Waals surface area contributed by atoms with E-state index in [1.807, 2.05) is 12.1 Å². The van der Waals surface area contributed by atoms with Gasteiger partial charge >= 0.3 is 0 Å². The van der Waals surface area contributed by atoms with E-state index in [-0.39, 0.29) is 5.91 Å². The van der Waals surface area contributed by atoms with Crippen molar-refractivity contribution in [1.82, 2.24) is 0 Å². The van der Waals surface area contributed by atoms with E-state index < -0.39 is 0 Å². The number of quaternary nitrogens is 1. The van der Waals surface area contributed by atoms with E-state index in [9.17, 15) is 4.79 Å². The second kappa shape index (κ2) is 9.21. The Bertz CT molecular complexity index is 740. The van der Waals surface area contributed by atoms with Crippen molar-refractivity contribution >= 4 is 23.4 Å². The molecule has 4 nitrogen and oxygen atoms in total. The smallest absolute Gasteiger partial charge is 0.234 e. The van der Waals surface area contributed by atoms with Crippen LogP contribution in [-0.4, -0.2) is 38.0 Å². The van der Waals surface area contributed by atoms with E-state index in [0.717, 1.165) is 43.4 Å². The Morgan fingerprint density at radius 2 is 1.85 bits per heavy atom. The van der Waals surface area contributed by atoms with E-state index in [4.69, 9.17) is 4.74 Å². The fourth-order valence-corrected chi connectivity index (χ4v) is 3.94. The van der Waals surface area contributed by atoms with Crippen LogP contribution < -0.4 is 10.2 Å². The molecule has 0 bridgehead atoms. The molecule has 2 aromatic rings. The molecule has 138 valence electrons. The molecule has 0 spiro atoms. The average molecular weight is 372 g/mol. The van der Waals surface area contributed by atoms with E-state index in [1.165, 1.54) is 16.7 Å². The van der Waals surface area contributed by atoms with Crippen molar-refractivity contribution in [3.63, 3.8) is 0 Å². The number of carbonyl (C=O) groups is 1. The number of nitrogens with one attached hydrogen (secondary N) is 2. The second-order valence-corrected chi connectivity index (χ2v) is 7.86. The summed E-state index contributed by atoms with van der Waals surface area (Å²) in [6, 6.07) is 14.5. The Morgan fingerprint density at radius 1 is 1.12 bits per heavy atom. The number of hydrogen-bond acceptors (Lipinski definition) is 3. The summed E-state index contributed by atoms with van der Waals surface area (Å²) in [6.45, 7) is 9.01. The van der Waals surface area contributed by atoms with Crippen LogP contribution in [0.5, 0.6) is 0 Å². The van der Waals surface area contributed by atoms with Crippen LogP contribution in [0, 0.1) is 13.8 Å². The van der Waals surface area contributed by atoms with Crippen LogP contribution in [-0.2, 0) is 16.1 Å². The van der Waals surface area contributed by atoms with Crippen LogP contribution in [0.15, 0.2) is 47.4 Å². The summed E-state index contributed by atoms with van der Waals surface area (Å²) in [5.41, 5.74) is 4.62. The summed E-state index contributed by atoms with van der Waals surface area (Å²) in [4.78, 5) is 14.9. The van der Waals surface area contributed by atoms with Crippen LogP contribution in [0.4, 0.5) is 5.69 Å². The number of hydrogen-bond donors (Lipinski definition) is 2. The summed E-state index contributed by atoms with van der Waals surface area (Å²) in [6.07, 6.45) is 0. The first-order valence-corrected chi connectivity index (χ1v) is 10.1. The summed E-state index contributed by atoms with van der Waals surface area (Å²) < 4.78 is 5.40. The number of carbonyl (C=O) groups excluding carboxylic acids is 1. The molecule has 2 aromatic carbocycles. The second-order valence-electron chi connectivity index (χ2n) is 6.84. The molecule has 0 unspecified atom stereocenters. The van der Waals surface area contributed by atoms with Gasteiger partial charge in [-0.1, -0.05) is 29.8 Å². The molecule has 3 rings (SSSR count). The van der Waals surface area contributed by atoms with Crippen molar-refractivity contribution in [3.8, 4) is 0 Å². The molecule has 0 radical (unpaired) electrons. The molecule has 5 heteroatoms. The minimum absolute atomic E-state index is 0.0292. The zero-order valence-electron chi connectivity index (χ0n) is 15.5. The molecule has 0 saturated carbocycles. The Kier molecular flexibility index (Phi) is 6.72. The predicted molar refractivity (Wildman–Crippen MR) is 107 cm³/mol. The topological polar surface area (TPSA) is 42.8 Å². The highest BCUT2D eigenvalue weighted by Crippen LogP contribution is 2.23. The molecular formula is C21H27N2O2S+. The maximum atomic E-state index is 12.2. The van der Waals surface area contributed by atoms with Crippen LogP contribution >= 0.6 is 11.8 Å². The highest BCUT2D eigenvalue weighted by atomic mass is 32.2. The third kappa shape index (κ3) is 5.59. The summed E-state index contributed by atoms with van der Waals surface area (Å²) in [7, 11) is 0. The van der Waals surface area contributed by atoms with Gasteiger partial charge in [-0.25, -0.2) is 0 Å². The monoisotopic (exact) mass is 371 g/mol. The quantitative estimate of drug-likeness (QED) is 0.767. The minimum Gasteiger partial charge on any atom is -0.370 e. The highest BCUT2D eigenvalue weighted by molar-refractivity contribution is 8.00. The number of ether oxygens (including phenoxy) is 1. The maximum Gasteiger partial charge on any atom is 0.234 e. The fourth-order valence-electron chi connectivity index (χ4n) is 3.13. The fraction of sp³-hybridized carbons (Fsp3) is 0.381. The molecule has 0 atom stereocenters. The van der Waals surface area contributed by atoms with E-state index in [2.05, 4.69) is 49.5 Å². The first-order chi connectivity index (χ1) is 12.6. The average Bonchev–Trinajstić information content (AvgIpc) is 2.63. The van der Waals surface area contributed by atoms with Crippen LogP contribution in [0.3, 0.4) is 0 Å². The zero-order chi connectivity index (χ0) is 18.4. The van der Waals surface area contributed by atoms with Gasteiger partial charge in [0.15, 0.2) is 0 Å². The summed E-state index contributed by atoms with van der Waals surface area (Å²) >= 11 is 1.58. The first kappa shape index (κ1) is 19.0. The number of benzene rings is 2. The van der Waals surface area contributed by atoms with Crippen molar-refractivity contribution in [2.45, 2.75) is 25.3 Å². The Labute approximate surface area is 159 Å². The predicted octanol–water partition coefficient (Wildman–Crippen LogP) is 2.45. The minimum atomic E-state index is 0.0292. The van der Waals surface area contributed by atoms with Gasteiger partial charge in [-0.15, -0.1) is 11.8 Å². The van der Waals surface area contributed by atoms with Crippen molar-refractivity contribution in [2.24, 2.45) is 0 Å². The lowest BCUT2D eigenvalue weighted by molar-refractivity contribution is -0.921. The lowest BCUT2D eigenvalue weighted by Gasteiger charge is -2.23. The van der Waals surface area contributed by atoms with Crippen molar-refractivity contribution < 1.29 is 14.4 Å². The number of morpholine rings is 1. The largest absolute Gasteiger partial charge is 0.370 e. The van der Waals surface area contributed by atoms with Crippen molar-refractivity contribution in [3.05, 3.63) is 59.2 Å². The van der Waals surface area contributed by atoms with Gasteiger partial charge in [0, 0.05) is 16.1 Å². The molecular weight excluding hydrogens is 344 g/mol. The first-order valence-electron chi connectivity index (χ1n) is 9.10. The number of rotatable bonds is 6. The zero-order valence-corrected chi connectivity index (χ0v) is 16.3. The molecule has 0 aromatic heterocycles. The molecule has 1 fully saturated rings. The lowest BCUT2D eigenvalue weighted by atomic mass is 10.2. The third-order valence-electron chi connectivity index (χ3n) is 4.58. The molecule has 1 amide bonds. The van der Waals surface area contributed by atoms with E-state index in [0.29, 0.717) is 5.75 Å². The number of aryl methyl sites for hydroxylation is 2. The summed E-state index contributed by atoms with van der Waals surface area (Å²) in [5, 5.41) is 2.99. The van der Waals surface area contributed by atoms with Crippen LogP contribution in [0.2, 0.25) is 0 Å². The maximum absolute atomic E-state index is 12.2. The van der Waals surface area contributed by atoms with Gasteiger partial charge in [-0.05, 0) is 37.6 Å². The molecule has 1 aliphatic rings. The van der Waals surface area contributed by atoms with Gasteiger partial charge in [0.05, 0.1) is 19.0 Å². The molecule has 26 heavy (non-hydrogen) atoms. The Balaban J connectivity index is 1.47. The molecule has 1 heterocycles. The molecule has 1 aliphatic heterocycles. The van der Waals surface area contributed by atoms with E-state index >= 15 is 0 Å². The number of thioether (sulfide) groups is 1. The van der Waals surface area contributed by atoms with Crippen LogP contribution in [0.25, 0.3) is 0 Å². The molecule has 0 aliphatic carbocycles. The third-order valence-corrected chi connectivity index (χ3v) is 5.76.